The minimum Gasteiger partial charge on any atom is -0.143 e. The Labute approximate surface area is 73.0 Å². The molecule has 1 heterocycles. The first-order valence-corrected chi connectivity index (χ1v) is 4.47. The van der Waals surface area contributed by atoms with Gasteiger partial charge in [-0.3, -0.25) is 0 Å². The highest BCUT2D eigenvalue weighted by Gasteiger charge is 2.00. The van der Waals surface area contributed by atoms with Crippen molar-refractivity contribution in [2.75, 3.05) is 0 Å². The summed E-state index contributed by atoms with van der Waals surface area (Å²) in [6.07, 6.45) is 1.83. The molecule has 52 valence electrons. The second kappa shape index (κ2) is 3.17. The molecule has 0 atom stereocenters. The van der Waals surface area contributed by atoms with Gasteiger partial charge in [-0.1, -0.05) is 19.2 Å². The van der Waals surface area contributed by atoms with E-state index in [1.807, 2.05) is 17.5 Å². The molecule has 0 saturated heterocycles. The van der Waals surface area contributed by atoms with Crippen molar-refractivity contribution in [2.45, 2.75) is 0 Å². The summed E-state index contributed by atoms with van der Waals surface area (Å²) in [6.45, 7) is 7.48. The van der Waals surface area contributed by atoms with E-state index in [4.69, 9.17) is 0 Å². The maximum atomic E-state index is 3.79. The van der Waals surface area contributed by atoms with Gasteiger partial charge in [-0.2, -0.15) is 0 Å². The van der Waals surface area contributed by atoms with Crippen molar-refractivity contribution in [3.05, 3.63) is 35.0 Å². The zero-order valence-electron chi connectivity index (χ0n) is 5.43. The molecule has 0 amide bonds. The van der Waals surface area contributed by atoms with Crippen LogP contribution in [0.4, 0.5) is 0 Å². The van der Waals surface area contributed by atoms with Crippen LogP contribution in [-0.2, 0) is 0 Å². The summed E-state index contributed by atoms with van der Waals surface area (Å²) in [6, 6.07) is 2.03. The van der Waals surface area contributed by atoms with E-state index >= 15 is 0 Å². The van der Waals surface area contributed by atoms with Gasteiger partial charge in [0.1, 0.15) is 0 Å². The molecule has 0 radical (unpaired) electrons. The largest absolute Gasteiger partial charge is 0.143 e. The highest BCUT2D eigenvalue weighted by atomic mass is 79.9. The van der Waals surface area contributed by atoms with Crippen LogP contribution in [0.5, 0.6) is 0 Å². The van der Waals surface area contributed by atoms with Crippen LogP contribution in [0.15, 0.2) is 24.6 Å². The van der Waals surface area contributed by atoms with E-state index in [0.717, 1.165) is 14.9 Å². The summed E-state index contributed by atoms with van der Waals surface area (Å²) in [7, 11) is 0. The monoisotopic (exact) mass is 214 g/mol. The summed E-state index contributed by atoms with van der Waals surface area (Å²) in [4.78, 5) is 1.16. The zero-order chi connectivity index (χ0) is 7.56. The van der Waals surface area contributed by atoms with Gasteiger partial charge < -0.3 is 0 Å². The number of halogens is 1. The molecule has 0 unspecified atom stereocenters. The standard InChI is InChI=1S/C8H7BrS/c1-3-7-4-5-10-8(7)6(2)9/h3-5H,1-2H2. The van der Waals surface area contributed by atoms with Gasteiger partial charge in [-0.15, -0.1) is 11.3 Å². The van der Waals surface area contributed by atoms with Gasteiger partial charge in [0.2, 0.25) is 0 Å². The molecule has 1 aromatic heterocycles. The van der Waals surface area contributed by atoms with E-state index in [0.29, 0.717) is 0 Å². The summed E-state index contributed by atoms with van der Waals surface area (Å²) in [5.74, 6) is 0. The second-order valence-electron chi connectivity index (χ2n) is 1.81. The van der Waals surface area contributed by atoms with E-state index in [-0.39, 0.29) is 0 Å². The smallest absolute Gasteiger partial charge is 0.0478 e. The topological polar surface area (TPSA) is 0 Å². The van der Waals surface area contributed by atoms with Gasteiger partial charge in [0.25, 0.3) is 0 Å². The molecule has 1 aromatic rings. The molecule has 0 nitrogen and oxygen atoms in total. The van der Waals surface area contributed by atoms with Crippen LogP contribution in [0.2, 0.25) is 0 Å². The minimum absolute atomic E-state index is 0.928. The third-order valence-corrected chi connectivity index (χ3v) is 2.81. The van der Waals surface area contributed by atoms with E-state index in [2.05, 4.69) is 29.1 Å². The van der Waals surface area contributed by atoms with Gasteiger partial charge in [-0.25, -0.2) is 0 Å². The van der Waals surface area contributed by atoms with Crippen LogP contribution in [0.3, 0.4) is 0 Å². The van der Waals surface area contributed by atoms with Crippen LogP contribution < -0.4 is 0 Å². The van der Waals surface area contributed by atoms with Crippen LogP contribution in [0.1, 0.15) is 10.4 Å². The molecular formula is C8H7BrS. The molecule has 0 N–H and O–H groups in total. The lowest BCUT2D eigenvalue weighted by Crippen LogP contribution is -1.69. The fourth-order valence-corrected chi connectivity index (χ4v) is 1.98. The Bertz CT molecular complexity index is 260. The number of hydrogen-bond donors (Lipinski definition) is 0. The van der Waals surface area contributed by atoms with Crippen LogP contribution in [-0.4, -0.2) is 0 Å². The zero-order valence-corrected chi connectivity index (χ0v) is 7.83. The summed E-state index contributed by atoms with van der Waals surface area (Å²) in [5.41, 5.74) is 1.15. The van der Waals surface area contributed by atoms with Crippen LogP contribution in [0.25, 0.3) is 10.6 Å². The molecule has 0 aromatic carbocycles. The SMILES string of the molecule is C=Cc1ccsc1C(=C)Br. The average molecular weight is 215 g/mol. The fourth-order valence-electron chi connectivity index (χ4n) is 0.700. The van der Waals surface area contributed by atoms with E-state index < -0.39 is 0 Å². The second-order valence-corrected chi connectivity index (χ2v) is 3.69. The third kappa shape index (κ3) is 1.39. The molecule has 1 rings (SSSR count). The predicted octanol–water partition coefficient (Wildman–Crippen LogP) is 3.76. The first kappa shape index (κ1) is 7.76. The maximum absolute atomic E-state index is 3.79. The van der Waals surface area contributed by atoms with E-state index in [9.17, 15) is 0 Å². The Hall–Kier alpha value is -0.340. The van der Waals surface area contributed by atoms with Crippen molar-refractivity contribution >= 4 is 37.8 Å². The number of rotatable bonds is 2. The summed E-state index contributed by atoms with van der Waals surface area (Å²) >= 11 is 4.99. The average Bonchev–Trinajstić information content (AvgIpc) is 2.33. The molecule has 10 heavy (non-hydrogen) atoms. The fraction of sp³-hybridized carbons (Fsp3) is 0. The first-order valence-electron chi connectivity index (χ1n) is 2.80. The van der Waals surface area contributed by atoms with Crippen molar-refractivity contribution in [3.63, 3.8) is 0 Å². The Morgan fingerprint density at radius 3 is 2.80 bits per heavy atom. The summed E-state index contributed by atoms with van der Waals surface area (Å²) < 4.78 is 0.928. The molecule has 0 saturated carbocycles. The van der Waals surface area contributed by atoms with Gasteiger partial charge in [0.15, 0.2) is 0 Å². The van der Waals surface area contributed by atoms with Crippen LogP contribution in [0, 0.1) is 0 Å². The molecule has 2 heteroatoms. The first-order chi connectivity index (χ1) is 4.75. The molecule has 0 aliphatic heterocycles. The molecule has 0 spiro atoms. The van der Waals surface area contributed by atoms with Crippen molar-refractivity contribution in [3.8, 4) is 0 Å². The number of thiophene rings is 1. The Morgan fingerprint density at radius 2 is 2.40 bits per heavy atom. The quantitative estimate of drug-likeness (QED) is 0.704. The lowest BCUT2D eigenvalue weighted by Gasteiger charge is -1.92. The molecule has 0 aliphatic carbocycles. The van der Waals surface area contributed by atoms with Crippen molar-refractivity contribution in [2.24, 2.45) is 0 Å². The van der Waals surface area contributed by atoms with Crippen LogP contribution >= 0.6 is 27.3 Å². The Balaban J connectivity index is 3.13. The Kier molecular flexibility index (Phi) is 2.46. The lowest BCUT2D eigenvalue weighted by molar-refractivity contribution is 1.84. The van der Waals surface area contributed by atoms with Gasteiger partial charge >= 0.3 is 0 Å². The highest BCUT2D eigenvalue weighted by Crippen LogP contribution is 2.28. The van der Waals surface area contributed by atoms with Gasteiger partial charge in [0, 0.05) is 9.36 Å². The normalized spacial score (nSPS) is 9.30. The molecule has 0 aliphatic rings. The van der Waals surface area contributed by atoms with E-state index in [1.165, 1.54) is 0 Å². The van der Waals surface area contributed by atoms with Gasteiger partial charge in [0.05, 0.1) is 0 Å². The minimum atomic E-state index is 0.928. The van der Waals surface area contributed by atoms with Crippen molar-refractivity contribution in [1.29, 1.82) is 0 Å². The van der Waals surface area contributed by atoms with Crippen molar-refractivity contribution < 1.29 is 0 Å². The van der Waals surface area contributed by atoms with Gasteiger partial charge in [-0.05, 0) is 32.9 Å². The Morgan fingerprint density at radius 1 is 1.70 bits per heavy atom. The molecule has 0 bridgehead atoms. The highest BCUT2D eigenvalue weighted by molar-refractivity contribution is 9.15. The predicted molar refractivity (Wildman–Crippen MR) is 52.4 cm³/mol. The van der Waals surface area contributed by atoms with E-state index in [1.54, 1.807) is 11.3 Å². The summed E-state index contributed by atoms with van der Waals surface area (Å²) in [5, 5.41) is 2.03. The molecular weight excluding hydrogens is 208 g/mol. The maximum Gasteiger partial charge on any atom is 0.0478 e. The molecule has 0 fully saturated rings. The lowest BCUT2D eigenvalue weighted by atomic mass is 10.2. The van der Waals surface area contributed by atoms with Crippen molar-refractivity contribution in [1.82, 2.24) is 0 Å². The third-order valence-electron chi connectivity index (χ3n) is 1.16. The number of hydrogen-bond acceptors (Lipinski definition) is 1.